The van der Waals surface area contributed by atoms with Crippen molar-refractivity contribution >= 4 is 0 Å². The van der Waals surface area contributed by atoms with E-state index in [1.54, 1.807) is 0 Å². The Kier molecular flexibility index (Phi) is 4.63. The van der Waals surface area contributed by atoms with Gasteiger partial charge in [-0.05, 0) is 30.0 Å². The molecule has 0 aliphatic heterocycles. The molecule has 1 aromatic rings. The summed E-state index contributed by atoms with van der Waals surface area (Å²) in [6.45, 7) is 7.03. The number of hydrogen-bond donors (Lipinski definition) is 1. The summed E-state index contributed by atoms with van der Waals surface area (Å²) in [6.07, 6.45) is 0.948. The highest BCUT2D eigenvalue weighted by Crippen LogP contribution is 2.18. The molecular formula is C13H21NO. The second-order valence-electron chi connectivity index (χ2n) is 4.20. The normalized spacial score (nSPS) is 12.9. The van der Waals surface area contributed by atoms with E-state index in [1.165, 1.54) is 5.56 Å². The van der Waals surface area contributed by atoms with Crippen LogP contribution in [0.2, 0.25) is 0 Å². The molecule has 15 heavy (non-hydrogen) atoms. The standard InChI is InChI=1S/C13H21NO/c1-4-12(14)9-15-13-7-5-11(6-8-13)10(2)3/h5-8,10,12H,4,9,14H2,1-3H3. The van der Waals surface area contributed by atoms with Crippen LogP contribution in [0.5, 0.6) is 5.75 Å². The highest BCUT2D eigenvalue weighted by Gasteiger charge is 2.02. The second-order valence-corrected chi connectivity index (χ2v) is 4.20. The summed E-state index contributed by atoms with van der Waals surface area (Å²) >= 11 is 0. The molecular weight excluding hydrogens is 186 g/mol. The molecule has 0 saturated heterocycles. The van der Waals surface area contributed by atoms with E-state index in [0.717, 1.165) is 12.2 Å². The number of nitrogens with two attached hydrogens (primary N) is 1. The minimum Gasteiger partial charge on any atom is -0.492 e. The summed E-state index contributed by atoms with van der Waals surface area (Å²) < 4.78 is 5.57. The van der Waals surface area contributed by atoms with Crippen LogP contribution < -0.4 is 10.5 Å². The maximum Gasteiger partial charge on any atom is 0.119 e. The smallest absolute Gasteiger partial charge is 0.119 e. The van der Waals surface area contributed by atoms with Crippen LogP contribution in [-0.2, 0) is 0 Å². The summed E-state index contributed by atoms with van der Waals surface area (Å²) in [6, 6.07) is 8.37. The highest BCUT2D eigenvalue weighted by atomic mass is 16.5. The molecule has 2 heteroatoms. The lowest BCUT2D eigenvalue weighted by Crippen LogP contribution is -2.26. The average Bonchev–Trinajstić information content (AvgIpc) is 2.26. The first-order valence-corrected chi connectivity index (χ1v) is 5.61. The third-order valence-electron chi connectivity index (χ3n) is 2.54. The van der Waals surface area contributed by atoms with Crippen LogP contribution in [0.15, 0.2) is 24.3 Å². The van der Waals surface area contributed by atoms with Crippen LogP contribution in [0.4, 0.5) is 0 Å². The van der Waals surface area contributed by atoms with Gasteiger partial charge in [0, 0.05) is 6.04 Å². The van der Waals surface area contributed by atoms with E-state index in [2.05, 4.69) is 32.9 Å². The first-order valence-electron chi connectivity index (χ1n) is 5.61. The van der Waals surface area contributed by atoms with E-state index < -0.39 is 0 Å². The first kappa shape index (κ1) is 12.1. The predicted octanol–water partition coefficient (Wildman–Crippen LogP) is 2.93. The van der Waals surface area contributed by atoms with Crippen molar-refractivity contribution in [2.24, 2.45) is 5.73 Å². The largest absolute Gasteiger partial charge is 0.492 e. The predicted molar refractivity (Wildman–Crippen MR) is 64.3 cm³/mol. The lowest BCUT2D eigenvalue weighted by molar-refractivity contribution is 0.285. The van der Waals surface area contributed by atoms with E-state index in [4.69, 9.17) is 10.5 Å². The zero-order chi connectivity index (χ0) is 11.3. The Balaban J connectivity index is 2.50. The van der Waals surface area contributed by atoms with E-state index in [0.29, 0.717) is 12.5 Å². The van der Waals surface area contributed by atoms with E-state index >= 15 is 0 Å². The molecule has 0 aliphatic carbocycles. The molecule has 1 atom stereocenters. The quantitative estimate of drug-likeness (QED) is 0.805. The van der Waals surface area contributed by atoms with Crippen molar-refractivity contribution in [1.29, 1.82) is 0 Å². The molecule has 2 nitrogen and oxygen atoms in total. The van der Waals surface area contributed by atoms with Crippen LogP contribution >= 0.6 is 0 Å². The molecule has 0 fully saturated rings. The molecule has 0 amide bonds. The van der Waals surface area contributed by atoms with Crippen molar-refractivity contribution in [1.82, 2.24) is 0 Å². The SMILES string of the molecule is CCC(N)COc1ccc(C(C)C)cc1. The third-order valence-corrected chi connectivity index (χ3v) is 2.54. The minimum atomic E-state index is 0.134. The van der Waals surface area contributed by atoms with Gasteiger partial charge in [0.05, 0.1) is 0 Å². The molecule has 1 unspecified atom stereocenters. The Bertz CT molecular complexity index is 279. The van der Waals surface area contributed by atoms with Crippen LogP contribution in [0.1, 0.15) is 38.7 Å². The Labute approximate surface area is 92.4 Å². The number of benzene rings is 1. The molecule has 1 rings (SSSR count). The molecule has 0 aliphatic rings. The molecule has 0 bridgehead atoms. The summed E-state index contributed by atoms with van der Waals surface area (Å²) in [5, 5.41) is 0. The van der Waals surface area contributed by atoms with Gasteiger partial charge < -0.3 is 10.5 Å². The van der Waals surface area contributed by atoms with Gasteiger partial charge in [-0.1, -0.05) is 32.9 Å². The van der Waals surface area contributed by atoms with E-state index in [1.807, 2.05) is 12.1 Å². The van der Waals surface area contributed by atoms with Crippen molar-refractivity contribution in [3.63, 3.8) is 0 Å². The van der Waals surface area contributed by atoms with Gasteiger partial charge in [-0.15, -0.1) is 0 Å². The first-order chi connectivity index (χ1) is 7.13. The fraction of sp³-hybridized carbons (Fsp3) is 0.538. The van der Waals surface area contributed by atoms with Gasteiger partial charge >= 0.3 is 0 Å². The lowest BCUT2D eigenvalue weighted by atomic mass is 10.0. The van der Waals surface area contributed by atoms with E-state index in [9.17, 15) is 0 Å². The topological polar surface area (TPSA) is 35.2 Å². The molecule has 0 spiro atoms. The van der Waals surface area contributed by atoms with Crippen LogP contribution in [0, 0.1) is 0 Å². The monoisotopic (exact) mass is 207 g/mol. The summed E-state index contributed by atoms with van der Waals surface area (Å²) in [4.78, 5) is 0. The van der Waals surface area contributed by atoms with Crippen molar-refractivity contribution < 1.29 is 4.74 Å². The van der Waals surface area contributed by atoms with Gasteiger partial charge in [0.15, 0.2) is 0 Å². The van der Waals surface area contributed by atoms with Crippen molar-refractivity contribution in [3.05, 3.63) is 29.8 Å². The summed E-state index contributed by atoms with van der Waals surface area (Å²) in [5.41, 5.74) is 7.11. The molecule has 0 radical (unpaired) electrons. The molecule has 0 heterocycles. The Hall–Kier alpha value is -1.02. The maximum absolute atomic E-state index is 5.77. The van der Waals surface area contributed by atoms with Gasteiger partial charge in [0.2, 0.25) is 0 Å². The zero-order valence-corrected chi connectivity index (χ0v) is 9.86. The van der Waals surface area contributed by atoms with Crippen molar-refractivity contribution in [2.75, 3.05) is 6.61 Å². The highest BCUT2D eigenvalue weighted by molar-refractivity contribution is 5.28. The van der Waals surface area contributed by atoms with Gasteiger partial charge in [-0.2, -0.15) is 0 Å². The molecule has 2 N–H and O–H groups in total. The maximum atomic E-state index is 5.77. The van der Waals surface area contributed by atoms with Crippen molar-refractivity contribution in [2.45, 2.75) is 39.2 Å². The average molecular weight is 207 g/mol. The van der Waals surface area contributed by atoms with Crippen LogP contribution in [0.3, 0.4) is 0 Å². The number of hydrogen-bond acceptors (Lipinski definition) is 2. The minimum absolute atomic E-state index is 0.134. The Morgan fingerprint density at radius 2 is 1.80 bits per heavy atom. The van der Waals surface area contributed by atoms with Crippen molar-refractivity contribution in [3.8, 4) is 5.75 Å². The van der Waals surface area contributed by atoms with Gasteiger partial charge in [0.1, 0.15) is 12.4 Å². The van der Waals surface area contributed by atoms with Gasteiger partial charge in [0.25, 0.3) is 0 Å². The van der Waals surface area contributed by atoms with Crippen LogP contribution in [0.25, 0.3) is 0 Å². The number of rotatable bonds is 5. The summed E-state index contributed by atoms with van der Waals surface area (Å²) in [7, 11) is 0. The third kappa shape index (κ3) is 3.92. The fourth-order valence-electron chi connectivity index (χ4n) is 1.27. The zero-order valence-electron chi connectivity index (χ0n) is 9.86. The summed E-state index contributed by atoms with van der Waals surface area (Å²) in [5.74, 6) is 1.47. The van der Waals surface area contributed by atoms with Crippen LogP contribution in [-0.4, -0.2) is 12.6 Å². The lowest BCUT2D eigenvalue weighted by Gasteiger charge is -2.12. The molecule has 0 aromatic heterocycles. The fourth-order valence-corrected chi connectivity index (χ4v) is 1.27. The second kappa shape index (κ2) is 5.76. The van der Waals surface area contributed by atoms with Gasteiger partial charge in [-0.3, -0.25) is 0 Å². The molecule has 84 valence electrons. The Morgan fingerprint density at radius 3 is 2.27 bits per heavy atom. The van der Waals surface area contributed by atoms with E-state index in [-0.39, 0.29) is 6.04 Å². The Morgan fingerprint density at radius 1 is 1.20 bits per heavy atom. The molecule has 0 saturated carbocycles. The molecule has 1 aromatic carbocycles. The number of ether oxygens (including phenoxy) is 1. The van der Waals surface area contributed by atoms with Gasteiger partial charge in [-0.25, -0.2) is 0 Å².